The van der Waals surface area contributed by atoms with Gasteiger partial charge in [0, 0.05) is 23.0 Å². The summed E-state index contributed by atoms with van der Waals surface area (Å²) in [5.41, 5.74) is 1.73. The molecule has 0 aromatic carbocycles. The topological polar surface area (TPSA) is 71.4 Å². The summed E-state index contributed by atoms with van der Waals surface area (Å²) in [7, 11) is 0. The fraction of sp³-hybridized carbons (Fsp3) is 0.611. The standard InChI is InChI=1S/C18H25N3O3/c1-11(2)21-12(3)9-14(13(21)4)15(22)10-20-16(23)18(19-17(20)24)7-5-6-8-18/h9,11H,5-8,10H2,1-4H3,(H,19,24). The Morgan fingerprint density at radius 3 is 2.42 bits per heavy atom. The molecule has 6 nitrogen and oxygen atoms in total. The third-order valence-corrected chi connectivity index (χ3v) is 5.31. The van der Waals surface area contributed by atoms with E-state index in [1.165, 1.54) is 0 Å². The van der Waals surface area contributed by atoms with Crippen molar-refractivity contribution in [2.75, 3.05) is 6.54 Å². The first-order valence-electron chi connectivity index (χ1n) is 8.62. The Morgan fingerprint density at radius 1 is 1.25 bits per heavy atom. The molecule has 1 N–H and O–H groups in total. The molecule has 2 heterocycles. The van der Waals surface area contributed by atoms with Crippen LogP contribution < -0.4 is 5.32 Å². The van der Waals surface area contributed by atoms with E-state index >= 15 is 0 Å². The van der Waals surface area contributed by atoms with E-state index in [1.807, 2.05) is 19.9 Å². The number of rotatable bonds is 4. The van der Waals surface area contributed by atoms with E-state index in [4.69, 9.17) is 0 Å². The molecule has 1 aromatic rings. The molecule has 1 spiro atoms. The molecule has 0 unspecified atom stereocenters. The lowest BCUT2D eigenvalue weighted by atomic mass is 9.98. The van der Waals surface area contributed by atoms with Crippen LogP contribution in [0.15, 0.2) is 6.07 Å². The van der Waals surface area contributed by atoms with E-state index in [1.54, 1.807) is 0 Å². The fourth-order valence-electron chi connectivity index (χ4n) is 4.22. The summed E-state index contributed by atoms with van der Waals surface area (Å²) in [5.74, 6) is -0.426. The summed E-state index contributed by atoms with van der Waals surface area (Å²) in [4.78, 5) is 38.7. The van der Waals surface area contributed by atoms with Crippen molar-refractivity contribution in [1.82, 2.24) is 14.8 Å². The minimum absolute atomic E-state index is 0.186. The highest BCUT2D eigenvalue weighted by atomic mass is 16.2. The first-order chi connectivity index (χ1) is 11.3. The molecule has 0 radical (unpaired) electrons. The number of amides is 3. The molecular weight excluding hydrogens is 306 g/mol. The van der Waals surface area contributed by atoms with E-state index in [2.05, 4.69) is 23.7 Å². The van der Waals surface area contributed by atoms with Crippen LogP contribution in [-0.4, -0.2) is 39.3 Å². The third kappa shape index (κ3) is 2.44. The fourth-order valence-corrected chi connectivity index (χ4v) is 4.22. The molecule has 3 rings (SSSR count). The van der Waals surface area contributed by atoms with E-state index in [9.17, 15) is 14.4 Å². The van der Waals surface area contributed by atoms with Gasteiger partial charge in [0.2, 0.25) is 0 Å². The number of Topliss-reactive ketones (excluding diaryl/α,β-unsaturated/α-hetero) is 1. The largest absolute Gasteiger partial charge is 0.346 e. The Kier molecular flexibility index (Phi) is 4.01. The first kappa shape index (κ1) is 16.7. The second kappa shape index (κ2) is 5.76. The number of carbonyl (C=O) groups excluding carboxylic acids is 3. The van der Waals surface area contributed by atoms with Crippen molar-refractivity contribution in [3.05, 3.63) is 23.0 Å². The molecule has 1 aliphatic heterocycles. The molecule has 1 aromatic heterocycles. The quantitative estimate of drug-likeness (QED) is 0.681. The normalized spacial score (nSPS) is 19.6. The summed E-state index contributed by atoms with van der Waals surface area (Å²) >= 11 is 0. The average molecular weight is 331 g/mol. The van der Waals surface area contributed by atoms with Crippen LogP contribution in [0.25, 0.3) is 0 Å². The number of urea groups is 1. The molecule has 3 amide bonds. The zero-order chi connectivity index (χ0) is 17.6. The number of hydrogen-bond donors (Lipinski definition) is 1. The second-order valence-corrected chi connectivity index (χ2v) is 7.28. The summed E-state index contributed by atoms with van der Waals surface area (Å²) in [6, 6.07) is 1.67. The van der Waals surface area contributed by atoms with E-state index in [-0.39, 0.29) is 24.3 Å². The average Bonchev–Trinajstić information content (AvgIpc) is 3.14. The summed E-state index contributed by atoms with van der Waals surface area (Å²) < 4.78 is 2.09. The van der Waals surface area contributed by atoms with Gasteiger partial charge in [0.25, 0.3) is 5.91 Å². The number of imide groups is 1. The van der Waals surface area contributed by atoms with Crippen LogP contribution in [0.5, 0.6) is 0 Å². The van der Waals surface area contributed by atoms with Gasteiger partial charge in [-0.2, -0.15) is 0 Å². The molecule has 130 valence electrons. The Bertz CT molecular complexity index is 711. The first-order valence-corrected chi connectivity index (χ1v) is 8.62. The van der Waals surface area contributed by atoms with Crippen molar-refractivity contribution >= 4 is 17.7 Å². The third-order valence-electron chi connectivity index (χ3n) is 5.31. The van der Waals surface area contributed by atoms with Gasteiger partial charge in [0.1, 0.15) is 5.54 Å². The summed E-state index contributed by atoms with van der Waals surface area (Å²) in [6.07, 6.45) is 3.21. The van der Waals surface area contributed by atoms with E-state index in [0.717, 1.165) is 29.1 Å². The van der Waals surface area contributed by atoms with Gasteiger partial charge in [-0.25, -0.2) is 4.79 Å². The van der Waals surface area contributed by atoms with Gasteiger partial charge in [0.15, 0.2) is 5.78 Å². The maximum absolute atomic E-state index is 12.7. The lowest BCUT2D eigenvalue weighted by Gasteiger charge is -2.19. The van der Waals surface area contributed by atoms with E-state index < -0.39 is 11.6 Å². The summed E-state index contributed by atoms with van der Waals surface area (Å²) in [5, 5.41) is 2.82. The number of aryl methyl sites for hydroxylation is 1. The molecule has 0 bridgehead atoms. The Hall–Kier alpha value is -2.11. The summed E-state index contributed by atoms with van der Waals surface area (Å²) in [6.45, 7) is 7.81. The molecule has 2 aliphatic rings. The Labute approximate surface area is 142 Å². The van der Waals surface area contributed by atoms with Gasteiger partial charge in [-0.05, 0) is 46.6 Å². The number of carbonyl (C=O) groups is 3. The van der Waals surface area contributed by atoms with Gasteiger partial charge in [0.05, 0.1) is 6.54 Å². The number of aromatic nitrogens is 1. The predicted octanol–water partition coefficient (Wildman–Crippen LogP) is 2.73. The molecule has 2 fully saturated rings. The minimum atomic E-state index is -0.758. The van der Waals surface area contributed by atoms with Crippen molar-refractivity contribution in [1.29, 1.82) is 0 Å². The van der Waals surface area contributed by atoms with Crippen LogP contribution in [0.4, 0.5) is 4.79 Å². The lowest BCUT2D eigenvalue weighted by molar-refractivity contribution is -0.130. The van der Waals surface area contributed by atoms with Crippen molar-refractivity contribution in [3.8, 4) is 0 Å². The molecule has 0 atom stereocenters. The van der Waals surface area contributed by atoms with Crippen molar-refractivity contribution < 1.29 is 14.4 Å². The van der Waals surface area contributed by atoms with Crippen molar-refractivity contribution in [2.45, 2.75) is 65.0 Å². The zero-order valence-electron chi connectivity index (χ0n) is 14.8. The van der Waals surface area contributed by atoms with Crippen molar-refractivity contribution in [3.63, 3.8) is 0 Å². The van der Waals surface area contributed by atoms with Gasteiger partial charge in [-0.1, -0.05) is 12.8 Å². The Balaban J connectivity index is 1.82. The SMILES string of the molecule is Cc1cc(C(=O)CN2C(=O)NC3(CCCC3)C2=O)c(C)n1C(C)C. The van der Waals surface area contributed by atoms with Crippen LogP contribution in [0.3, 0.4) is 0 Å². The molecular formula is C18H25N3O3. The van der Waals surface area contributed by atoms with Gasteiger partial charge in [-0.15, -0.1) is 0 Å². The maximum atomic E-state index is 12.7. The highest BCUT2D eigenvalue weighted by Crippen LogP contribution is 2.35. The molecule has 6 heteroatoms. The Morgan fingerprint density at radius 2 is 1.88 bits per heavy atom. The molecule has 1 saturated carbocycles. The maximum Gasteiger partial charge on any atom is 0.325 e. The van der Waals surface area contributed by atoms with Crippen molar-refractivity contribution in [2.24, 2.45) is 0 Å². The van der Waals surface area contributed by atoms with Gasteiger partial charge in [-0.3, -0.25) is 14.5 Å². The lowest BCUT2D eigenvalue weighted by Crippen LogP contribution is -2.44. The highest BCUT2D eigenvalue weighted by Gasteiger charge is 2.52. The van der Waals surface area contributed by atoms with Crippen LogP contribution in [-0.2, 0) is 4.79 Å². The molecule has 1 saturated heterocycles. The minimum Gasteiger partial charge on any atom is -0.346 e. The number of hydrogen-bond acceptors (Lipinski definition) is 3. The number of nitrogens with one attached hydrogen (secondary N) is 1. The van der Waals surface area contributed by atoms with Crippen LogP contribution >= 0.6 is 0 Å². The van der Waals surface area contributed by atoms with Gasteiger partial charge < -0.3 is 9.88 Å². The zero-order valence-corrected chi connectivity index (χ0v) is 14.8. The highest BCUT2D eigenvalue weighted by molar-refractivity contribution is 6.11. The van der Waals surface area contributed by atoms with Crippen LogP contribution in [0.2, 0.25) is 0 Å². The predicted molar refractivity (Wildman–Crippen MR) is 90.1 cm³/mol. The molecule has 24 heavy (non-hydrogen) atoms. The number of ketones is 1. The van der Waals surface area contributed by atoms with Crippen LogP contribution in [0.1, 0.15) is 67.3 Å². The van der Waals surface area contributed by atoms with E-state index in [0.29, 0.717) is 18.4 Å². The molecule has 1 aliphatic carbocycles. The monoisotopic (exact) mass is 331 g/mol. The smallest absolute Gasteiger partial charge is 0.325 e. The van der Waals surface area contributed by atoms with Crippen LogP contribution in [0, 0.1) is 13.8 Å². The number of nitrogens with zero attached hydrogens (tertiary/aromatic N) is 2. The van der Waals surface area contributed by atoms with Gasteiger partial charge >= 0.3 is 6.03 Å². The second-order valence-electron chi connectivity index (χ2n) is 7.28.